The van der Waals surface area contributed by atoms with Crippen LogP contribution < -0.4 is 0 Å². The molecule has 2 atom stereocenters. The van der Waals surface area contributed by atoms with Gasteiger partial charge in [0.1, 0.15) is 0 Å². The van der Waals surface area contributed by atoms with Crippen LogP contribution in [0.4, 0.5) is 0 Å². The van der Waals surface area contributed by atoms with Gasteiger partial charge in [-0.3, -0.25) is 0 Å². The summed E-state index contributed by atoms with van der Waals surface area (Å²) in [5.74, 6) is 0. The van der Waals surface area contributed by atoms with Gasteiger partial charge in [0.15, 0.2) is 0 Å². The summed E-state index contributed by atoms with van der Waals surface area (Å²) in [5, 5.41) is 0. The molecule has 0 heterocycles. The molecule has 0 aromatic rings. The molecule has 5 heteroatoms. The molecule has 0 bridgehead atoms. The summed E-state index contributed by atoms with van der Waals surface area (Å²) in [4.78, 5) is 0. The Morgan fingerprint density at radius 1 is 1.17 bits per heavy atom. The summed E-state index contributed by atoms with van der Waals surface area (Å²) < 4.78 is 6.19. The SMILES string of the molecule is CO[C@@H]1CCCC[C@H]1[Te](Br)(Br)Br. The van der Waals surface area contributed by atoms with E-state index < -0.39 is 11.6 Å². The fourth-order valence-corrected chi connectivity index (χ4v) is 13.2. The van der Waals surface area contributed by atoms with Crippen LogP contribution >= 0.6 is 38.3 Å². The molecule has 74 valence electrons. The molecule has 0 radical (unpaired) electrons. The van der Waals surface area contributed by atoms with Crippen molar-refractivity contribution in [3.63, 3.8) is 0 Å². The van der Waals surface area contributed by atoms with Crippen LogP contribution in [0.15, 0.2) is 0 Å². The summed E-state index contributed by atoms with van der Waals surface area (Å²) in [6.45, 7) is 0. The monoisotopic (exact) mass is 480 g/mol. The topological polar surface area (TPSA) is 9.23 Å². The maximum absolute atomic E-state index is 5.49. The van der Waals surface area contributed by atoms with E-state index in [2.05, 4.69) is 38.3 Å². The zero-order chi connectivity index (χ0) is 9.19. The summed E-state index contributed by atoms with van der Waals surface area (Å²) in [6, 6.07) is 0. The van der Waals surface area contributed by atoms with E-state index in [-0.39, 0.29) is 0 Å². The number of methoxy groups -OCH3 is 1. The van der Waals surface area contributed by atoms with Crippen LogP contribution in [-0.4, -0.2) is 24.8 Å². The Morgan fingerprint density at radius 2 is 1.75 bits per heavy atom. The standard InChI is InChI=1S/C7H13Br3OTe/c1-11-6-4-2-3-5-7(6)12(8,9)10/h6-7H,2-5H2,1H3/t6-,7-/m1/s1. The number of ether oxygens (including phenoxy) is 1. The van der Waals surface area contributed by atoms with E-state index in [4.69, 9.17) is 4.74 Å². The Morgan fingerprint density at radius 3 is 2.17 bits per heavy atom. The van der Waals surface area contributed by atoms with Crippen molar-refractivity contribution in [1.82, 2.24) is 0 Å². The van der Waals surface area contributed by atoms with Crippen molar-refractivity contribution in [2.24, 2.45) is 0 Å². The molecule has 1 aliphatic rings. The van der Waals surface area contributed by atoms with Crippen molar-refractivity contribution in [3.8, 4) is 0 Å². The maximum atomic E-state index is 5.49. The number of rotatable bonds is 2. The number of hydrogen-bond donors (Lipinski definition) is 0. The Kier molecular flexibility index (Phi) is 5.44. The third-order valence-electron chi connectivity index (χ3n) is 2.29. The summed E-state index contributed by atoms with van der Waals surface area (Å²) in [6.07, 6.45) is 5.64. The molecule has 1 saturated carbocycles. The molecule has 0 saturated heterocycles. The van der Waals surface area contributed by atoms with E-state index in [9.17, 15) is 0 Å². The zero-order valence-electron chi connectivity index (χ0n) is 6.93. The Labute approximate surface area is 96.2 Å². The van der Waals surface area contributed by atoms with Crippen molar-refractivity contribution in [2.45, 2.75) is 35.8 Å². The molecule has 0 spiro atoms. The van der Waals surface area contributed by atoms with Crippen molar-refractivity contribution in [2.75, 3.05) is 7.11 Å². The predicted octanol–water partition coefficient (Wildman–Crippen LogP) is 4.07. The van der Waals surface area contributed by atoms with Gasteiger partial charge in [-0.15, -0.1) is 0 Å². The van der Waals surface area contributed by atoms with Gasteiger partial charge in [0, 0.05) is 0 Å². The van der Waals surface area contributed by atoms with E-state index in [1.807, 2.05) is 7.11 Å². The first-order valence-corrected chi connectivity index (χ1v) is 21.0. The van der Waals surface area contributed by atoms with Crippen LogP contribution in [0.1, 0.15) is 25.7 Å². The van der Waals surface area contributed by atoms with Crippen molar-refractivity contribution in [3.05, 3.63) is 0 Å². The second-order valence-electron chi connectivity index (χ2n) is 3.04. The third kappa shape index (κ3) is 3.40. The van der Waals surface area contributed by atoms with E-state index in [1.165, 1.54) is 25.7 Å². The predicted molar refractivity (Wildman–Crippen MR) is 65.6 cm³/mol. The Bertz CT molecular complexity index is 148. The van der Waals surface area contributed by atoms with Crippen molar-refractivity contribution < 1.29 is 4.74 Å². The summed E-state index contributed by atoms with van der Waals surface area (Å²) in [5.41, 5.74) is 0. The average molecular weight is 480 g/mol. The molecule has 0 amide bonds. The quantitative estimate of drug-likeness (QED) is 0.542. The molecule has 1 nitrogen and oxygen atoms in total. The van der Waals surface area contributed by atoms with Gasteiger partial charge in [-0.1, -0.05) is 0 Å². The molecule has 1 fully saturated rings. The average Bonchev–Trinajstić information content (AvgIpc) is 2.03. The minimum absolute atomic E-state index is 0.457. The van der Waals surface area contributed by atoms with Crippen LogP contribution in [0.25, 0.3) is 0 Å². The van der Waals surface area contributed by atoms with Gasteiger partial charge < -0.3 is 0 Å². The first-order chi connectivity index (χ1) is 5.55. The first kappa shape index (κ1) is 12.3. The number of hydrogen-bond acceptors (Lipinski definition) is 1. The summed E-state index contributed by atoms with van der Waals surface area (Å²) in [7, 11) is 1.82. The molecule has 0 unspecified atom stereocenters. The van der Waals surface area contributed by atoms with Crippen molar-refractivity contribution >= 4 is 49.8 Å². The van der Waals surface area contributed by atoms with Crippen LogP contribution in [0.3, 0.4) is 0 Å². The molecule has 12 heavy (non-hydrogen) atoms. The van der Waals surface area contributed by atoms with E-state index in [1.54, 1.807) is 0 Å². The van der Waals surface area contributed by atoms with Gasteiger partial charge in [-0.25, -0.2) is 0 Å². The van der Waals surface area contributed by atoms with Crippen LogP contribution in [-0.2, 0) is 4.74 Å². The number of halogens is 3. The molecule has 0 aromatic heterocycles. The normalized spacial score (nSPS) is 33.3. The fraction of sp³-hybridized carbons (Fsp3) is 1.00. The van der Waals surface area contributed by atoms with Gasteiger partial charge >= 0.3 is 97.4 Å². The van der Waals surface area contributed by atoms with E-state index in [0.717, 1.165) is 0 Å². The molecular weight excluding hydrogens is 467 g/mol. The van der Waals surface area contributed by atoms with Gasteiger partial charge in [-0.05, 0) is 0 Å². The molecular formula is C7H13Br3OTe. The van der Waals surface area contributed by atoms with Crippen LogP contribution in [0, 0.1) is 0 Å². The first-order valence-electron chi connectivity index (χ1n) is 3.99. The van der Waals surface area contributed by atoms with Crippen molar-refractivity contribution in [1.29, 1.82) is 0 Å². The second-order valence-corrected chi connectivity index (χ2v) is 45.3. The molecule has 1 aliphatic carbocycles. The van der Waals surface area contributed by atoms with E-state index >= 15 is 0 Å². The Hall–Kier alpha value is 2.19. The minimum atomic E-state index is -2.04. The Balaban J connectivity index is 2.59. The second kappa shape index (κ2) is 5.32. The molecule has 0 aromatic carbocycles. The zero-order valence-corrected chi connectivity index (χ0v) is 14.0. The molecule has 0 aliphatic heterocycles. The fourth-order valence-electron chi connectivity index (χ4n) is 1.64. The summed E-state index contributed by atoms with van der Waals surface area (Å²) >= 11 is 9.26. The third-order valence-corrected chi connectivity index (χ3v) is 15.4. The molecule has 0 N–H and O–H groups in total. The van der Waals surface area contributed by atoms with Crippen LogP contribution in [0.5, 0.6) is 0 Å². The van der Waals surface area contributed by atoms with Gasteiger partial charge in [0.2, 0.25) is 0 Å². The van der Waals surface area contributed by atoms with Gasteiger partial charge in [0.25, 0.3) is 0 Å². The van der Waals surface area contributed by atoms with E-state index in [0.29, 0.717) is 10.1 Å². The van der Waals surface area contributed by atoms with Crippen LogP contribution in [0.2, 0.25) is 3.97 Å². The molecule has 1 rings (SSSR count). The van der Waals surface area contributed by atoms with Gasteiger partial charge in [-0.2, -0.15) is 0 Å². The van der Waals surface area contributed by atoms with Gasteiger partial charge in [0.05, 0.1) is 0 Å².